The molecule has 0 fully saturated rings. The molecule has 4 nitrogen and oxygen atoms in total. The maximum atomic E-state index is 6.00. The van der Waals surface area contributed by atoms with E-state index in [2.05, 4.69) is 5.10 Å². The van der Waals surface area contributed by atoms with Gasteiger partial charge in [0.2, 0.25) is 0 Å². The van der Waals surface area contributed by atoms with E-state index in [1.54, 1.807) is 30.1 Å². The molecular weight excluding hydrogens is 226 g/mol. The summed E-state index contributed by atoms with van der Waals surface area (Å²) in [5.74, 6) is 0.686. The lowest BCUT2D eigenvalue weighted by Gasteiger charge is -2.10. The second kappa shape index (κ2) is 4.06. The number of ether oxygens (including phenoxy) is 1. The summed E-state index contributed by atoms with van der Waals surface area (Å²) in [6.45, 7) is 0. The number of nitrogens with two attached hydrogens (primary N) is 1. The lowest BCUT2D eigenvalue weighted by atomic mass is 10.1. The monoisotopic (exact) mass is 237 g/mol. The molecule has 0 radical (unpaired) electrons. The van der Waals surface area contributed by atoms with Gasteiger partial charge in [-0.05, 0) is 12.1 Å². The number of nitrogen functional groups attached to an aromatic ring is 1. The van der Waals surface area contributed by atoms with Gasteiger partial charge >= 0.3 is 0 Å². The minimum Gasteiger partial charge on any atom is -0.496 e. The number of aromatic nitrogens is 2. The highest BCUT2D eigenvalue weighted by atomic mass is 35.5. The molecular formula is C11H12ClN3O. The first-order valence-electron chi connectivity index (χ1n) is 4.75. The number of rotatable bonds is 2. The Bertz CT molecular complexity index is 522. The Balaban J connectivity index is 2.64. The molecule has 0 saturated carbocycles. The number of hydrogen-bond acceptors (Lipinski definition) is 3. The van der Waals surface area contributed by atoms with Crippen molar-refractivity contribution < 1.29 is 4.74 Å². The summed E-state index contributed by atoms with van der Waals surface area (Å²) in [6.07, 6.45) is 1.72. The van der Waals surface area contributed by atoms with Gasteiger partial charge in [0.05, 0.1) is 23.5 Å². The van der Waals surface area contributed by atoms with Crippen LogP contribution in [0.1, 0.15) is 0 Å². The fourth-order valence-corrected chi connectivity index (χ4v) is 1.74. The van der Waals surface area contributed by atoms with E-state index < -0.39 is 0 Å². The summed E-state index contributed by atoms with van der Waals surface area (Å²) in [5, 5.41) is 4.62. The molecule has 2 N–H and O–H groups in total. The van der Waals surface area contributed by atoms with E-state index in [0.29, 0.717) is 16.5 Å². The van der Waals surface area contributed by atoms with Gasteiger partial charge in [-0.3, -0.25) is 4.68 Å². The van der Waals surface area contributed by atoms with Gasteiger partial charge < -0.3 is 10.5 Å². The van der Waals surface area contributed by atoms with Gasteiger partial charge in [-0.15, -0.1) is 0 Å². The number of hydrogen-bond donors (Lipinski definition) is 1. The predicted molar refractivity (Wildman–Crippen MR) is 64.6 cm³/mol. The summed E-state index contributed by atoms with van der Waals surface area (Å²) in [5.41, 5.74) is 8.03. The van der Waals surface area contributed by atoms with Gasteiger partial charge in [0.15, 0.2) is 0 Å². The molecule has 1 aromatic heterocycles. The largest absolute Gasteiger partial charge is 0.496 e. The van der Waals surface area contributed by atoms with Crippen LogP contribution in [0.4, 0.5) is 5.69 Å². The van der Waals surface area contributed by atoms with Crippen molar-refractivity contribution in [3.8, 4) is 17.0 Å². The van der Waals surface area contributed by atoms with Crippen LogP contribution in [0.5, 0.6) is 5.75 Å². The number of halogens is 1. The van der Waals surface area contributed by atoms with Crippen molar-refractivity contribution in [2.24, 2.45) is 7.05 Å². The molecule has 1 heterocycles. The van der Waals surface area contributed by atoms with Crippen LogP contribution >= 0.6 is 11.6 Å². The SMILES string of the molecule is COc1cc(N)c(Cl)cc1-c1ccnn1C. The minimum absolute atomic E-state index is 0.504. The average molecular weight is 238 g/mol. The number of nitrogens with zero attached hydrogens (tertiary/aromatic N) is 2. The lowest BCUT2D eigenvalue weighted by Crippen LogP contribution is -1.97. The molecule has 0 aliphatic heterocycles. The molecule has 0 aliphatic carbocycles. The Hall–Kier alpha value is -1.68. The van der Waals surface area contributed by atoms with Crippen LogP contribution in [0.15, 0.2) is 24.4 Å². The van der Waals surface area contributed by atoms with Gasteiger partial charge in [0, 0.05) is 24.9 Å². The Labute approximate surface area is 98.6 Å². The van der Waals surface area contributed by atoms with E-state index in [1.165, 1.54) is 0 Å². The highest BCUT2D eigenvalue weighted by Gasteiger charge is 2.12. The summed E-state index contributed by atoms with van der Waals surface area (Å²) < 4.78 is 7.03. The van der Waals surface area contributed by atoms with Crippen LogP contribution in [-0.4, -0.2) is 16.9 Å². The molecule has 0 saturated heterocycles. The molecule has 0 amide bonds. The van der Waals surface area contributed by atoms with Crippen LogP contribution in [0.25, 0.3) is 11.3 Å². The third-order valence-corrected chi connectivity index (χ3v) is 2.74. The molecule has 5 heteroatoms. The van der Waals surface area contributed by atoms with E-state index in [1.807, 2.05) is 13.1 Å². The third-order valence-electron chi connectivity index (χ3n) is 2.42. The summed E-state index contributed by atoms with van der Waals surface area (Å²) >= 11 is 6.00. The maximum absolute atomic E-state index is 6.00. The Morgan fingerprint density at radius 3 is 2.75 bits per heavy atom. The molecule has 1 aromatic carbocycles. The van der Waals surface area contributed by atoms with Crippen LogP contribution in [-0.2, 0) is 7.05 Å². The van der Waals surface area contributed by atoms with Crippen molar-refractivity contribution in [1.82, 2.24) is 9.78 Å². The lowest BCUT2D eigenvalue weighted by molar-refractivity contribution is 0.416. The number of benzene rings is 1. The minimum atomic E-state index is 0.504. The molecule has 16 heavy (non-hydrogen) atoms. The second-order valence-electron chi connectivity index (χ2n) is 3.41. The van der Waals surface area contributed by atoms with Gasteiger partial charge in [-0.2, -0.15) is 5.10 Å². The van der Waals surface area contributed by atoms with Crippen molar-refractivity contribution in [2.75, 3.05) is 12.8 Å². The van der Waals surface area contributed by atoms with Crippen molar-refractivity contribution in [1.29, 1.82) is 0 Å². The molecule has 0 atom stereocenters. The standard InChI is InChI=1S/C11H12ClN3O/c1-15-10(3-4-14-15)7-5-8(12)9(13)6-11(7)16-2/h3-6H,13H2,1-2H3. The van der Waals surface area contributed by atoms with E-state index in [0.717, 1.165) is 11.3 Å². The highest BCUT2D eigenvalue weighted by molar-refractivity contribution is 6.33. The van der Waals surface area contributed by atoms with Crippen molar-refractivity contribution in [3.63, 3.8) is 0 Å². The summed E-state index contributed by atoms with van der Waals surface area (Å²) in [4.78, 5) is 0. The number of anilines is 1. The van der Waals surface area contributed by atoms with Crippen molar-refractivity contribution in [3.05, 3.63) is 29.4 Å². The Morgan fingerprint density at radius 1 is 1.44 bits per heavy atom. The number of methoxy groups -OCH3 is 1. The van der Waals surface area contributed by atoms with Gasteiger partial charge in [0.1, 0.15) is 5.75 Å². The topological polar surface area (TPSA) is 53.1 Å². The maximum Gasteiger partial charge on any atom is 0.130 e. The zero-order valence-electron chi connectivity index (χ0n) is 9.07. The molecule has 0 unspecified atom stereocenters. The Kier molecular flexibility index (Phi) is 2.75. The molecule has 0 spiro atoms. The van der Waals surface area contributed by atoms with Gasteiger partial charge in [-0.25, -0.2) is 0 Å². The zero-order valence-corrected chi connectivity index (χ0v) is 9.82. The molecule has 2 aromatic rings. The quantitative estimate of drug-likeness (QED) is 0.816. The Morgan fingerprint density at radius 2 is 2.19 bits per heavy atom. The fourth-order valence-electron chi connectivity index (χ4n) is 1.58. The van der Waals surface area contributed by atoms with Crippen molar-refractivity contribution >= 4 is 17.3 Å². The molecule has 2 rings (SSSR count). The third kappa shape index (κ3) is 1.72. The van der Waals surface area contributed by atoms with Crippen LogP contribution in [0.2, 0.25) is 5.02 Å². The van der Waals surface area contributed by atoms with Crippen molar-refractivity contribution in [2.45, 2.75) is 0 Å². The predicted octanol–water partition coefficient (Wildman–Crippen LogP) is 2.33. The summed E-state index contributed by atoms with van der Waals surface area (Å²) in [7, 11) is 3.46. The zero-order chi connectivity index (χ0) is 11.7. The van der Waals surface area contributed by atoms with E-state index in [4.69, 9.17) is 22.1 Å². The average Bonchev–Trinajstić information content (AvgIpc) is 2.68. The first-order valence-corrected chi connectivity index (χ1v) is 5.12. The van der Waals surface area contributed by atoms with E-state index in [-0.39, 0.29) is 0 Å². The van der Waals surface area contributed by atoms with E-state index >= 15 is 0 Å². The highest BCUT2D eigenvalue weighted by Crippen LogP contribution is 2.35. The normalized spacial score (nSPS) is 10.4. The first-order chi connectivity index (χ1) is 7.63. The molecule has 0 bridgehead atoms. The summed E-state index contributed by atoms with van der Waals surface area (Å²) in [6, 6.07) is 5.39. The van der Waals surface area contributed by atoms with Gasteiger partial charge in [0.25, 0.3) is 0 Å². The number of aryl methyl sites for hydroxylation is 1. The first kappa shape index (κ1) is 10.8. The van der Waals surface area contributed by atoms with Crippen LogP contribution in [0.3, 0.4) is 0 Å². The molecule has 84 valence electrons. The van der Waals surface area contributed by atoms with E-state index in [9.17, 15) is 0 Å². The smallest absolute Gasteiger partial charge is 0.130 e. The van der Waals surface area contributed by atoms with Crippen LogP contribution < -0.4 is 10.5 Å². The van der Waals surface area contributed by atoms with Crippen LogP contribution in [0, 0.1) is 0 Å². The fraction of sp³-hybridized carbons (Fsp3) is 0.182. The molecule has 0 aliphatic rings. The van der Waals surface area contributed by atoms with Gasteiger partial charge in [-0.1, -0.05) is 11.6 Å². The second-order valence-corrected chi connectivity index (χ2v) is 3.82.